The molecule has 1 aliphatic heterocycles. The van der Waals surface area contributed by atoms with Crippen molar-refractivity contribution in [3.8, 4) is 0 Å². The van der Waals surface area contributed by atoms with Crippen LogP contribution >= 0.6 is 0 Å². The van der Waals surface area contributed by atoms with E-state index in [0.717, 1.165) is 25.2 Å². The van der Waals surface area contributed by atoms with Gasteiger partial charge < -0.3 is 20.7 Å². The number of esters is 1. The van der Waals surface area contributed by atoms with E-state index in [9.17, 15) is 4.79 Å². The van der Waals surface area contributed by atoms with Crippen molar-refractivity contribution >= 4 is 17.3 Å². The Morgan fingerprint density at radius 3 is 2.95 bits per heavy atom. The number of nitrogens with one attached hydrogen (secondary N) is 1. The van der Waals surface area contributed by atoms with Crippen LogP contribution in [0.2, 0.25) is 0 Å². The molecule has 1 atom stereocenters. The fourth-order valence-electron chi connectivity index (χ4n) is 2.44. The van der Waals surface area contributed by atoms with Crippen molar-refractivity contribution in [1.29, 1.82) is 0 Å². The molecule has 104 valence electrons. The summed E-state index contributed by atoms with van der Waals surface area (Å²) in [4.78, 5) is 13.7. The van der Waals surface area contributed by atoms with Gasteiger partial charge in [0.25, 0.3) is 0 Å². The first-order valence-electron chi connectivity index (χ1n) is 6.53. The van der Waals surface area contributed by atoms with E-state index < -0.39 is 0 Å². The number of methoxy groups -OCH3 is 1. The summed E-state index contributed by atoms with van der Waals surface area (Å²) in [6.07, 6.45) is 2.33. The third-order valence-corrected chi connectivity index (χ3v) is 3.46. The summed E-state index contributed by atoms with van der Waals surface area (Å²) in [6.45, 7) is 2.16. The number of nitrogens with zero attached hydrogens (tertiary/aromatic N) is 1. The molecule has 1 saturated heterocycles. The van der Waals surface area contributed by atoms with E-state index in [1.165, 1.54) is 13.5 Å². The fourth-order valence-corrected chi connectivity index (χ4v) is 2.44. The first-order chi connectivity index (χ1) is 9.10. The van der Waals surface area contributed by atoms with Gasteiger partial charge in [-0.1, -0.05) is 0 Å². The highest BCUT2D eigenvalue weighted by Gasteiger charge is 2.18. The average Bonchev–Trinajstić information content (AvgIpc) is 2.40. The van der Waals surface area contributed by atoms with E-state index in [1.54, 1.807) is 12.1 Å². The van der Waals surface area contributed by atoms with Gasteiger partial charge in [-0.15, -0.1) is 0 Å². The molecule has 1 aromatic carbocycles. The highest BCUT2D eigenvalue weighted by atomic mass is 16.5. The monoisotopic (exact) mass is 263 g/mol. The van der Waals surface area contributed by atoms with E-state index >= 15 is 0 Å². The molecule has 1 fully saturated rings. The van der Waals surface area contributed by atoms with Gasteiger partial charge in [-0.2, -0.15) is 0 Å². The number of hydrogen-bond acceptors (Lipinski definition) is 5. The normalized spacial score (nSPS) is 20.0. The standard InChI is InChI=1S/C14H21N3O2/c1-17-7-3-4-11(9-17)16-13-6-5-10(8-12(13)15)14(18)19-2/h5-6,8,11,16H,3-4,7,9,15H2,1-2H3. The first-order valence-corrected chi connectivity index (χ1v) is 6.53. The van der Waals surface area contributed by atoms with Gasteiger partial charge in [-0.25, -0.2) is 4.79 Å². The summed E-state index contributed by atoms with van der Waals surface area (Å²) in [5.74, 6) is -0.365. The van der Waals surface area contributed by atoms with Gasteiger partial charge in [-0.05, 0) is 44.6 Å². The van der Waals surface area contributed by atoms with E-state index in [4.69, 9.17) is 5.73 Å². The molecule has 1 unspecified atom stereocenters. The molecule has 0 aliphatic carbocycles. The van der Waals surface area contributed by atoms with Crippen LogP contribution in [0.25, 0.3) is 0 Å². The Bertz CT molecular complexity index is 462. The Labute approximate surface area is 113 Å². The summed E-state index contributed by atoms with van der Waals surface area (Å²) >= 11 is 0. The number of likely N-dealkylation sites (tertiary alicyclic amines) is 1. The molecule has 1 aromatic rings. The number of anilines is 2. The summed E-state index contributed by atoms with van der Waals surface area (Å²) in [5.41, 5.74) is 7.92. The highest BCUT2D eigenvalue weighted by Crippen LogP contribution is 2.23. The lowest BCUT2D eigenvalue weighted by atomic mass is 10.1. The lowest BCUT2D eigenvalue weighted by Gasteiger charge is -2.31. The number of piperidine rings is 1. The van der Waals surface area contributed by atoms with Gasteiger partial charge in [-0.3, -0.25) is 0 Å². The lowest BCUT2D eigenvalue weighted by Crippen LogP contribution is -2.39. The predicted octanol–water partition coefficient (Wildman–Crippen LogP) is 1.56. The molecule has 3 N–H and O–H groups in total. The Morgan fingerprint density at radius 1 is 1.53 bits per heavy atom. The lowest BCUT2D eigenvalue weighted by molar-refractivity contribution is 0.0601. The number of carbonyl (C=O) groups excluding carboxylic acids is 1. The van der Waals surface area contributed by atoms with Crippen LogP contribution in [-0.4, -0.2) is 44.2 Å². The zero-order chi connectivity index (χ0) is 13.8. The molecule has 0 amide bonds. The Hall–Kier alpha value is -1.75. The average molecular weight is 263 g/mol. The van der Waals surface area contributed by atoms with Crippen LogP contribution in [0.15, 0.2) is 18.2 Å². The van der Waals surface area contributed by atoms with Gasteiger partial charge >= 0.3 is 5.97 Å². The van der Waals surface area contributed by atoms with Gasteiger partial charge in [0.1, 0.15) is 0 Å². The molecule has 19 heavy (non-hydrogen) atoms. The Kier molecular flexibility index (Phi) is 4.27. The predicted molar refractivity (Wildman–Crippen MR) is 76.3 cm³/mol. The van der Waals surface area contributed by atoms with Gasteiger partial charge in [0.05, 0.1) is 24.0 Å². The molecule has 0 aromatic heterocycles. The van der Waals surface area contributed by atoms with Gasteiger partial charge in [0.2, 0.25) is 0 Å². The molecule has 1 aliphatic rings. The van der Waals surface area contributed by atoms with Crippen molar-refractivity contribution in [2.45, 2.75) is 18.9 Å². The van der Waals surface area contributed by atoms with Gasteiger partial charge in [0, 0.05) is 12.6 Å². The molecule has 0 bridgehead atoms. The Balaban J connectivity index is 2.06. The number of hydrogen-bond donors (Lipinski definition) is 2. The summed E-state index contributed by atoms with van der Waals surface area (Å²) < 4.78 is 4.67. The molecule has 5 heteroatoms. The van der Waals surface area contributed by atoms with Crippen LogP contribution in [0.5, 0.6) is 0 Å². The summed E-state index contributed by atoms with van der Waals surface area (Å²) in [7, 11) is 3.49. The topological polar surface area (TPSA) is 67.6 Å². The minimum atomic E-state index is -0.365. The third kappa shape index (κ3) is 3.38. The second-order valence-corrected chi connectivity index (χ2v) is 5.04. The minimum Gasteiger partial charge on any atom is -0.465 e. The van der Waals surface area contributed by atoms with Crippen LogP contribution in [0.1, 0.15) is 23.2 Å². The third-order valence-electron chi connectivity index (χ3n) is 3.46. The summed E-state index contributed by atoms with van der Waals surface area (Å²) in [5, 5.41) is 3.44. The number of nitrogen functional groups attached to an aromatic ring is 1. The largest absolute Gasteiger partial charge is 0.465 e. The molecule has 5 nitrogen and oxygen atoms in total. The van der Waals surface area contributed by atoms with E-state index in [2.05, 4.69) is 22.0 Å². The number of likely N-dealkylation sites (N-methyl/N-ethyl adjacent to an activating group) is 1. The first kappa shape index (κ1) is 13.7. The SMILES string of the molecule is COC(=O)c1ccc(NC2CCCN(C)C2)c(N)c1. The minimum absolute atomic E-state index is 0.365. The number of nitrogens with two attached hydrogens (primary N) is 1. The van der Waals surface area contributed by atoms with Crippen LogP contribution in [-0.2, 0) is 4.74 Å². The van der Waals surface area contributed by atoms with Crippen LogP contribution < -0.4 is 11.1 Å². The zero-order valence-electron chi connectivity index (χ0n) is 11.5. The smallest absolute Gasteiger partial charge is 0.337 e. The highest BCUT2D eigenvalue weighted by molar-refractivity contribution is 5.91. The zero-order valence-corrected chi connectivity index (χ0v) is 11.5. The number of ether oxygens (including phenoxy) is 1. The maximum Gasteiger partial charge on any atom is 0.337 e. The van der Waals surface area contributed by atoms with Crippen LogP contribution in [0.3, 0.4) is 0 Å². The number of carbonyl (C=O) groups is 1. The fraction of sp³-hybridized carbons (Fsp3) is 0.500. The molecule has 0 saturated carbocycles. The molecule has 1 heterocycles. The van der Waals surface area contributed by atoms with Crippen LogP contribution in [0, 0.1) is 0 Å². The van der Waals surface area contributed by atoms with Crippen molar-refractivity contribution in [2.24, 2.45) is 0 Å². The van der Waals surface area contributed by atoms with Crippen molar-refractivity contribution in [1.82, 2.24) is 4.90 Å². The Morgan fingerprint density at radius 2 is 2.32 bits per heavy atom. The maximum atomic E-state index is 11.4. The summed E-state index contributed by atoms with van der Waals surface area (Å²) in [6, 6.07) is 5.64. The maximum absolute atomic E-state index is 11.4. The number of benzene rings is 1. The quantitative estimate of drug-likeness (QED) is 0.640. The van der Waals surface area contributed by atoms with Crippen molar-refractivity contribution in [2.75, 3.05) is 38.3 Å². The molecule has 0 radical (unpaired) electrons. The van der Waals surface area contributed by atoms with E-state index in [1.807, 2.05) is 6.07 Å². The molecular weight excluding hydrogens is 242 g/mol. The van der Waals surface area contributed by atoms with Crippen molar-refractivity contribution in [3.63, 3.8) is 0 Å². The molecule has 0 spiro atoms. The van der Waals surface area contributed by atoms with Crippen molar-refractivity contribution < 1.29 is 9.53 Å². The van der Waals surface area contributed by atoms with Gasteiger partial charge in [0.15, 0.2) is 0 Å². The van der Waals surface area contributed by atoms with Crippen LogP contribution in [0.4, 0.5) is 11.4 Å². The van der Waals surface area contributed by atoms with E-state index in [0.29, 0.717) is 17.3 Å². The van der Waals surface area contributed by atoms with Crippen molar-refractivity contribution in [3.05, 3.63) is 23.8 Å². The molecule has 2 rings (SSSR count). The molecular formula is C14H21N3O2. The number of rotatable bonds is 3. The second-order valence-electron chi connectivity index (χ2n) is 5.04. The second kappa shape index (κ2) is 5.93. The van der Waals surface area contributed by atoms with E-state index in [-0.39, 0.29) is 5.97 Å².